The first-order valence-electron chi connectivity index (χ1n) is 15.9. The van der Waals surface area contributed by atoms with Gasteiger partial charge in [0.2, 0.25) is 11.8 Å². The SMILES string of the molecule is CCOc1nc(OC)c(CN2CC3CN(C(=O)c4ccoc4)CCN3C(C(c3ccccc3)c3ccccc3)C2)c(OCC(F)(F)F)n1. The summed E-state index contributed by atoms with van der Waals surface area (Å²) >= 11 is 0. The van der Waals surface area contributed by atoms with Gasteiger partial charge in [-0.2, -0.15) is 23.1 Å². The highest BCUT2D eigenvalue weighted by Gasteiger charge is 2.44. The molecule has 2 aromatic heterocycles. The van der Waals surface area contributed by atoms with Gasteiger partial charge < -0.3 is 23.5 Å². The van der Waals surface area contributed by atoms with E-state index in [1.165, 1.54) is 19.6 Å². The number of ether oxygens (including phenoxy) is 3. The molecular weight excluding hydrogens is 627 g/mol. The van der Waals surface area contributed by atoms with E-state index >= 15 is 0 Å². The number of carbonyl (C=O) groups is 1. The Morgan fingerprint density at radius 3 is 2.23 bits per heavy atom. The maximum Gasteiger partial charge on any atom is 0.422 e. The molecule has 2 aliphatic heterocycles. The van der Waals surface area contributed by atoms with Gasteiger partial charge in [-0.15, -0.1) is 0 Å². The van der Waals surface area contributed by atoms with Gasteiger partial charge in [-0.3, -0.25) is 14.6 Å². The molecule has 10 nitrogen and oxygen atoms in total. The predicted molar refractivity (Wildman–Crippen MR) is 170 cm³/mol. The minimum absolute atomic E-state index is 0.0340. The number of carbonyl (C=O) groups excluding carboxylic acids is 1. The second-order valence-electron chi connectivity index (χ2n) is 11.9. The van der Waals surface area contributed by atoms with Crippen LogP contribution in [0.5, 0.6) is 17.8 Å². The van der Waals surface area contributed by atoms with Gasteiger partial charge in [0, 0.05) is 57.3 Å². The fourth-order valence-electron chi connectivity index (χ4n) is 6.76. The van der Waals surface area contributed by atoms with Crippen LogP contribution >= 0.6 is 0 Å². The zero-order valence-electron chi connectivity index (χ0n) is 26.8. The maximum absolute atomic E-state index is 13.4. The summed E-state index contributed by atoms with van der Waals surface area (Å²) < 4.78 is 61.4. The van der Waals surface area contributed by atoms with Crippen LogP contribution in [0.15, 0.2) is 83.7 Å². The van der Waals surface area contributed by atoms with E-state index in [0.29, 0.717) is 38.3 Å². The minimum Gasteiger partial charge on any atom is -0.481 e. The van der Waals surface area contributed by atoms with Gasteiger partial charge in [-0.25, -0.2) is 0 Å². The van der Waals surface area contributed by atoms with Crippen LogP contribution in [-0.4, -0.2) is 102 Å². The number of furan rings is 1. The average molecular weight is 666 g/mol. The van der Waals surface area contributed by atoms with Crippen molar-refractivity contribution < 1.29 is 36.6 Å². The van der Waals surface area contributed by atoms with Crippen molar-refractivity contribution in [1.29, 1.82) is 0 Å². The van der Waals surface area contributed by atoms with Crippen molar-refractivity contribution in [3.05, 3.63) is 102 Å². The van der Waals surface area contributed by atoms with Crippen molar-refractivity contribution >= 4 is 5.91 Å². The molecule has 0 bridgehead atoms. The second kappa shape index (κ2) is 14.7. The van der Waals surface area contributed by atoms with Gasteiger partial charge >= 0.3 is 12.2 Å². The third kappa shape index (κ3) is 7.57. The molecule has 254 valence electrons. The molecule has 0 aliphatic carbocycles. The molecule has 0 saturated carbocycles. The molecule has 2 fully saturated rings. The molecule has 2 aliphatic rings. The van der Waals surface area contributed by atoms with Crippen molar-refractivity contribution in [3.63, 3.8) is 0 Å². The molecule has 4 heterocycles. The largest absolute Gasteiger partial charge is 0.481 e. The number of nitrogens with zero attached hydrogens (tertiary/aromatic N) is 5. The Kier molecular flexibility index (Phi) is 10.2. The van der Waals surface area contributed by atoms with E-state index < -0.39 is 12.8 Å². The molecule has 0 N–H and O–H groups in total. The lowest BCUT2D eigenvalue weighted by Gasteiger charge is -2.53. The van der Waals surface area contributed by atoms with Crippen molar-refractivity contribution in [2.24, 2.45) is 0 Å². The third-order valence-electron chi connectivity index (χ3n) is 8.76. The summed E-state index contributed by atoms with van der Waals surface area (Å²) in [6.07, 6.45) is -1.65. The molecule has 2 unspecified atom stereocenters. The first kappa shape index (κ1) is 33.3. The number of benzene rings is 2. The van der Waals surface area contributed by atoms with E-state index in [4.69, 9.17) is 18.6 Å². The topological polar surface area (TPSA) is 93.4 Å². The summed E-state index contributed by atoms with van der Waals surface area (Å²) in [6.45, 7) is 3.30. The molecule has 0 radical (unpaired) electrons. The summed E-state index contributed by atoms with van der Waals surface area (Å²) in [6, 6.07) is 22.0. The van der Waals surface area contributed by atoms with Gasteiger partial charge in [0.15, 0.2) is 6.61 Å². The Morgan fingerprint density at radius 1 is 0.938 bits per heavy atom. The zero-order valence-corrected chi connectivity index (χ0v) is 26.8. The lowest BCUT2D eigenvalue weighted by molar-refractivity contribution is -0.154. The van der Waals surface area contributed by atoms with E-state index in [1.807, 2.05) is 41.3 Å². The molecular formula is C35H38F3N5O5. The van der Waals surface area contributed by atoms with Crippen LogP contribution in [0.25, 0.3) is 0 Å². The zero-order chi connectivity index (χ0) is 33.7. The lowest BCUT2D eigenvalue weighted by atomic mass is 9.81. The molecule has 6 rings (SSSR count). The Morgan fingerprint density at radius 2 is 1.62 bits per heavy atom. The fraction of sp³-hybridized carbons (Fsp3) is 0.400. The number of hydrogen-bond acceptors (Lipinski definition) is 9. The summed E-state index contributed by atoms with van der Waals surface area (Å²) in [5.74, 6) is -0.310. The highest BCUT2D eigenvalue weighted by atomic mass is 19.4. The number of alkyl halides is 3. The Balaban J connectivity index is 1.38. The van der Waals surface area contributed by atoms with Gasteiger partial charge in [-0.05, 0) is 24.1 Å². The van der Waals surface area contributed by atoms with E-state index in [1.54, 1.807) is 13.0 Å². The van der Waals surface area contributed by atoms with Gasteiger partial charge in [0.25, 0.3) is 5.91 Å². The number of fused-ring (bicyclic) bond motifs is 1. The maximum atomic E-state index is 13.4. The molecule has 4 aromatic rings. The summed E-state index contributed by atoms with van der Waals surface area (Å²) in [5, 5.41) is 0. The van der Waals surface area contributed by atoms with Crippen molar-refractivity contribution in [1.82, 2.24) is 24.7 Å². The smallest absolute Gasteiger partial charge is 0.422 e. The molecule has 0 spiro atoms. The first-order chi connectivity index (χ1) is 23.2. The third-order valence-corrected chi connectivity index (χ3v) is 8.76. The van der Waals surface area contributed by atoms with Crippen LogP contribution < -0.4 is 14.2 Å². The Hall–Kier alpha value is -4.62. The monoisotopic (exact) mass is 665 g/mol. The second-order valence-corrected chi connectivity index (χ2v) is 11.9. The van der Waals surface area contributed by atoms with Crippen molar-refractivity contribution in [3.8, 4) is 17.8 Å². The molecule has 48 heavy (non-hydrogen) atoms. The van der Waals surface area contributed by atoms with Gasteiger partial charge in [0.05, 0.1) is 31.1 Å². The van der Waals surface area contributed by atoms with E-state index in [0.717, 1.165) is 11.1 Å². The number of halogens is 3. The standard InChI is InChI=1S/C35H38F3N5O5/c1-3-47-34-39-31(45-2)28(32(40-34)48-23-35(36,37)38)20-41-18-27-19-42(33(44)26-14-17-46-22-26)15-16-43(27)29(21-41)30(24-10-6-4-7-11-24)25-12-8-5-9-13-25/h4-14,17,22,27,29-30H,3,15-16,18-21,23H2,1-2H3. The van der Waals surface area contributed by atoms with Gasteiger partial charge in [0.1, 0.15) is 6.26 Å². The predicted octanol–water partition coefficient (Wildman–Crippen LogP) is 5.26. The fourth-order valence-corrected chi connectivity index (χ4v) is 6.76. The number of aromatic nitrogens is 2. The van der Waals surface area contributed by atoms with E-state index in [2.05, 4.69) is 44.0 Å². The molecule has 1 amide bonds. The van der Waals surface area contributed by atoms with Crippen molar-refractivity contribution in [2.45, 2.75) is 37.6 Å². The van der Waals surface area contributed by atoms with Crippen LogP contribution in [0, 0.1) is 0 Å². The Labute approximate surface area is 277 Å². The molecule has 13 heteroatoms. The quantitative estimate of drug-likeness (QED) is 0.213. The number of methoxy groups -OCH3 is 1. The average Bonchev–Trinajstić information content (AvgIpc) is 3.64. The number of rotatable bonds is 11. The van der Waals surface area contributed by atoms with Crippen LogP contribution in [0.2, 0.25) is 0 Å². The number of amides is 1. The van der Waals surface area contributed by atoms with E-state index in [-0.39, 0.29) is 60.4 Å². The summed E-state index contributed by atoms with van der Waals surface area (Å²) in [4.78, 5) is 28.4. The van der Waals surface area contributed by atoms with E-state index in [9.17, 15) is 18.0 Å². The van der Waals surface area contributed by atoms with Crippen LogP contribution in [0.1, 0.15) is 39.9 Å². The highest BCUT2D eigenvalue weighted by molar-refractivity contribution is 5.93. The minimum atomic E-state index is -4.58. The van der Waals surface area contributed by atoms with Crippen molar-refractivity contribution in [2.75, 3.05) is 53.0 Å². The normalized spacial score (nSPS) is 18.8. The highest BCUT2D eigenvalue weighted by Crippen LogP contribution is 2.38. The molecule has 2 aromatic carbocycles. The molecule has 2 saturated heterocycles. The lowest BCUT2D eigenvalue weighted by Crippen LogP contribution is -2.67. The van der Waals surface area contributed by atoms with Crippen LogP contribution in [-0.2, 0) is 6.54 Å². The first-order valence-corrected chi connectivity index (χ1v) is 15.9. The van der Waals surface area contributed by atoms with Crippen LogP contribution in [0.4, 0.5) is 13.2 Å². The van der Waals surface area contributed by atoms with Gasteiger partial charge in [-0.1, -0.05) is 60.7 Å². The Bertz CT molecular complexity index is 1600. The molecule has 2 atom stereocenters. The number of hydrogen-bond donors (Lipinski definition) is 0. The van der Waals surface area contributed by atoms with Crippen LogP contribution in [0.3, 0.4) is 0 Å². The summed E-state index contributed by atoms with van der Waals surface area (Å²) in [5.41, 5.74) is 3.06. The summed E-state index contributed by atoms with van der Waals surface area (Å²) in [7, 11) is 1.40. The number of piperazine rings is 2.